The zero-order valence-corrected chi connectivity index (χ0v) is 18.7. The number of hydrogen-bond acceptors (Lipinski definition) is 4. The van der Waals surface area contributed by atoms with E-state index in [0.29, 0.717) is 12.8 Å². The molecule has 0 aliphatic carbocycles. The van der Waals surface area contributed by atoms with Gasteiger partial charge >= 0.3 is 0 Å². The van der Waals surface area contributed by atoms with Crippen molar-refractivity contribution >= 4 is 21.7 Å². The molecule has 6 heteroatoms. The number of allylic oxidation sites excluding steroid dienone is 2. The van der Waals surface area contributed by atoms with Crippen LogP contribution in [-0.4, -0.2) is 20.1 Å². The zero-order chi connectivity index (χ0) is 22.1. The second kappa shape index (κ2) is 15.4. The van der Waals surface area contributed by atoms with Crippen molar-refractivity contribution in [3.05, 3.63) is 42.5 Å². The van der Waals surface area contributed by atoms with Crippen LogP contribution in [0.25, 0.3) is 0 Å². The Morgan fingerprint density at radius 2 is 1.60 bits per heavy atom. The summed E-state index contributed by atoms with van der Waals surface area (Å²) in [5.41, 5.74) is 0. The minimum atomic E-state index is -3.79. The van der Waals surface area contributed by atoms with Gasteiger partial charge in [-0.05, 0) is 43.5 Å². The number of carbonyl (C=O) groups excluding carboxylic acids is 2. The average Bonchev–Trinajstić information content (AvgIpc) is 2.72. The quantitative estimate of drug-likeness (QED) is 0.257. The Morgan fingerprint density at radius 1 is 0.933 bits per heavy atom. The lowest BCUT2D eigenvalue weighted by molar-refractivity contribution is -0.119. The smallest absolute Gasteiger partial charge is 0.264 e. The Labute approximate surface area is 181 Å². The van der Waals surface area contributed by atoms with Crippen LogP contribution in [0.2, 0.25) is 0 Å². The summed E-state index contributed by atoms with van der Waals surface area (Å²) < 4.78 is 26.2. The van der Waals surface area contributed by atoms with Crippen molar-refractivity contribution in [1.29, 1.82) is 0 Å². The number of hydrogen-bond donors (Lipinski definition) is 1. The predicted molar refractivity (Wildman–Crippen MR) is 120 cm³/mol. The molecule has 0 saturated carbocycles. The van der Waals surface area contributed by atoms with Crippen molar-refractivity contribution in [2.24, 2.45) is 0 Å². The van der Waals surface area contributed by atoms with Crippen LogP contribution in [0.3, 0.4) is 0 Å². The highest BCUT2D eigenvalue weighted by Crippen LogP contribution is 2.10. The Hall–Kier alpha value is -2.39. The summed E-state index contributed by atoms with van der Waals surface area (Å²) in [6.07, 6.45) is 12.3. The maximum absolute atomic E-state index is 12.1. The first-order chi connectivity index (χ1) is 14.5. The molecule has 0 spiro atoms. The molecule has 1 amide bonds. The number of carbonyl (C=O) groups is 2. The highest BCUT2D eigenvalue weighted by Gasteiger charge is 2.16. The Kier molecular flexibility index (Phi) is 13.2. The molecular weight excluding hydrogens is 398 g/mol. The first-order valence-electron chi connectivity index (χ1n) is 10.7. The monoisotopic (exact) mass is 431 g/mol. The van der Waals surface area contributed by atoms with Gasteiger partial charge in [-0.25, -0.2) is 13.1 Å². The van der Waals surface area contributed by atoms with Crippen LogP contribution in [0, 0.1) is 11.8 Å². The normalized spacial score (nSPS) is 11.1. The molecule has 1 aromatic rings. The summed E-state index contributed by atoms with van der Waals surface area (Å²) in [6.45, 7) is 2.16. The van der Waals surface area contributed by atoms with Crippen molar-refractivity contribution < 1.29 is 18.0 Å². The minimum absolute atomic E-state index is 0.0829. The Bertz CT molecular complexity index is 833. The van der Waals surface area contributed by atoms with Crippen LogP contribution in [-0.2, 0) is 19.6 Å². The fourth-order valence-electron chi connectivity index (χ4n) is 2.79. The summed E-state index contributed by atoms with van der Waals surface area (Å²) >= 11 is 0. The highest BCUT2D eigenvalue weighted by atomic mass is 32.2. The van der Waals surface area contributed by atoms with E-state index in [0.717, 1.165) is 38.5 Å². The molecule has 0 radical (unpaired) electrons. The summed E-state index contributed by atoms with van der Waals surface area (Å²) in [6, 6.07) is 7.84. The third kappa shape index (κ3) is 12.2. The number of rotatable bonds is 14. The third-order valence-electron chi connectivity index (χ3n) is 4.49. The van der Waals surface area contributed by atoms with E-state index in [2.05, 4.69) is 23.5 Å². The molecule has 0 unspecified atom stereocenters. The predicted octanol–water partition coefficient (Wildman–Crippen LogP) is 4.93. The Balaban J connectivity index is 2.09. The van der Waals surface area contributed by atoms with Crippen molar-refractivity contribution in [2.45, 2.75) is 82.4 Å². The highest BCUT2D eigenvalue weighted by molar-refractivity contribution is 7.90. The van der Waals surface area contributed by atoms with Crippen LogP contribution in [0.15, 0.2) is 47.4 Å². The largest absolute Gasteiger partial charge is 0.295 e. The summed E-state index contributed by atoms with van der Waals surface area (Å²) in [5.74, 6) is 5.53. The first-order valence-corrected chi connectivity index (χ1v) is 12.2. The van der Waals surface area contributed by atoms with Crippen molar-refractivity contribution in [3.8, 4) is 11.8 Å². The van der Waals surface area contributed by atoms with Crippen LogP contribution in [0.4, 0.5) is 0 Å². The van der Waals surface area contributed by atoms with Gasteiger partial charge in [-0.2, -0.15) is 0 Å². The molecule has 1 aromatic carbocycles. The lowest BCUT2D eigenvalue weighted by atomic mass is 10.1. The van der Waals surface area contributed by atoms with Crippen LogP contribution in [0.1, 0.15) is 77.6 Å². The maximum atomic E-state index is 12.1. The van der Waals surface area contributed by atoms with E-state index in [9.17, 15) is 18.0 Å². The van der Waals surface area contributed by atoms with Gasteiger partial charge in [-0.3, -0.25) is 9.59 Å². The third-order valence-corrected chi connectivity index (χ3v) is 5.88. The molecule has 0 aromatic heterocycles. The van der Waals surface area contributed by atoms with E-state index in [1.165, 1.54) is 25.0 Å². The fraction of sp³-hybridized carbons (Fsp3) is 0.500. The van der Waals surface area contributed by atoms with Gasteiger partial charge in [0.25, 0.3) is 10.0 Å². The number of ketones is 1. The number of amides is 1. The zero-order valence-electron chi connectivity index (χ0n) is 17.9. The van der Waals surface area contributed by atoms with E-state index in [-0.39, 0.29) is 17.1 Å². The first kappa shape index (κ1) is 25.6. The van der Waals surface area contributed by atoms with Crippen molar-refractivity contribution in [2.75, 3.05) is 0 Å². The van der Waals surface area contributed by atoms with E-state index in [1.54, 1.807) is 30.4 Å². The van der Waals surface area contributed by atoms with Crippen LogP contribution >= 0.6 is 0 Å². The van der Waals surface area contributed by atoms with E-state index in [4.69, 9.17) is 0 Å². The van der Waals surface area contributed by atoms with Gasteiger partial charge in [-0.1, -0.05) is 69.1 Å². The molecule has 0 aliphatic rings. The average molecular weight is 432 g/mol. The summed E-state index contributed by atoms with van der Waals surface area (Å²) in [4.78, 5) is 23.7. The van der Waals surface area contributed by atoms with Gasteiger partial charge in [0.2, 0.25) is 5.91 Å². The molecule has 164 valence electrons. The molecule has 5 nitrogen and oxygen atoms in total. The fourth-order valence-corrected chi connectivity index (χ4v) is 3.82. The van der Waals surface area contributed by atoms with E-state index in [1.807, 2.05) is 0 Å². The van der Waals surface area contributed by atoms with Crippen LogP contribution in [0.5, 0.6) is 0 Å². The molecule has 0 saturated heterocycles. The Morgan fingerprint density at radius 3 is 2.30 bits per heavy atom. The standard InChI is InChI=1S/C24H33NO4S/c1-2-3-4-5-6-8-12-17-22(26)18-13-9-7-10-16-21-24(27)25-30(28,29)23-19-14-11-15-20-23/h11-12,14-15,17,19-20H,2-5,7,9-10,13,16,18,21H2,1H3,(H,25,27)/b17-12+. The van der Waals surface area contributed by atoms with Crippen molar-refractivity contribution in [3.63, 3.8) is 0 Å². The number of sulfonamides is 1. The molecular formula is C24H33NO4S. The number of benzene rings is 1. The summed E-state index contributed by atoms with van der Waals surface area (Å²) in [5, 5.41) is 0. The van der Waals surface area contributed by atoms with Crippen molar-refractivity contribution in [1.82, 2.24) is 4.72 Å². The molecule has 0 atom stereocenters. The minimum Gasteiger partial charge on any atom is -0.295 e. The molecule has 1 rings (SSSR count). The summed E-state index contributed by atoms with van der Waals surface area (Å²) in [7, 11) is -3.79. The van der Waals surface area contributed by atoms with Gasteiger partial charge in [0.1, 0.15) is 0 Å². The van der Waals surface area contributed by atoms with Gasteiger partial charge in [0, 0.05) is 19.3 Å². The lowest BCUT2D eigenvalue weighted by Gasteiger charge is -2.06. The SMILES string of the molecule is CCCCCC#C/C=C/C(=O)CCCCCCCC(=O)NS(=O)(=O)c1ccccc1. The van der Waals surface area contributed by atoms with Gasteiger partial charge in [0.05, 0.1) is 4.90 Å². The molecule has 0 fully saturated rings. The second-order valence-electron chi connectivity index (χ2n) is 7.19. The molecule has 0 aliphatic heterocycles. The van der Waals surface area contributed by atoms with Gasteiger partial charge in [-0.15, -0.1) is 0 Å². The molecule has 0 heterocycles. The molecule has 0 bridgehead atoms. The van der Waals surface area contributed by atoms with Crippen LogP contribution < -0.4 is 4.72 Å². The van der Waals surface area contributed by atoms with E-state index < -0.39 is 15.9 Å². The van der Waals surface area contributed by atoms with Gasteiger partial charge in [0.15, 0.2) is 5.78 Å². The number of nitrogens with one attached hydrogen (secondary N) is 1. The number of unbranched alkanes of at least 4 members (excludes halogenated alkanes) is 7. The molecule has 1 N–H and O–H groups in total. The maximum Gasteiger partial charge on any atom is 0.264 e. The topological polar surface area (TPSA) is 80.3 Å². The second-order valence-corrected chi connectivity index (χ2v) is 8.87. The van der Waals surface area contributed by atoms with Gasteiger partial charge < -0.3 is 0 Å². The van der Waals surface area contributed by atoms with E-state index >= 15 is 0 Å². The lowest BCUT2D eigenvalue weighted by Crippen LogP contribution is -2.30. The molecule has 30 heavy (non-hydrogen) atoms.